The lowest BCUT2D eigenvalue weighted by atomic mass is 9.98. The number of azo groups is 1. The Bertz CT molecular complexity index is 957. The SMILES string of the molecule is CC1CCCC(C)N1CCNc1ccc(N=Nc2ccccc2)c2ccccc12. The Labute approximate surface area is 173 Å². The first-order chi connectivity index (χ1) is 14.2. The molecule has 0 aliphatic carbocycles. The summed E-state index contributed by atoms with van der Waals surface area (Å²) in [6, 6.07) is 23.8. The summed E-state index contributed by atoms with van der Waals surface area (Å²) in [5.41, 5.74) is 2.92. The molecule has 0 aromatic heterocycles. The number of hydrogen-bond acceptors (Lipinski definition) is 4. The Morgan fingerprint density at radius 3 is 2.28 bits per heavy atom. The van der Waals surface area contributed by atoms with E-state index in [9.17, 15) is 0 Å². The number of piperidine rings is 1. The highest BCUT2D eigenvalue weighted by Gasteiger charge is 2.23. The van der Waals surface area contributed by atoms with Crippen molar-refractivity contribution >= 4 is 27.8 Å². The van der Waals surface area contributed by atoms with Gasteiger partial charge in [-0.25, -0.2) is 0 Å². The molecule has 0 saturated carbocycles. The molecule has 1 heterocycles. The van der Waals surface area contributed by atoms with E-state index in [1.165, 1.54) is 24.6 Å². The third kappa shape index (κ3) is 4.65. The highest BCUT2D eigenvalue weighted by atomic mass is 15.2. The minimum Gasteiger partial charge on any atom is -0.383 e. The van der Waals surface area contributed by atoms with Crippen molar-refractivity contribution in [2.75, 3.05) is 18.4 Å². The lowest BCUT2D eigenvalue weighted by molar-refractivity contribution is 0.109. The maximum Gasteiger partial charge on any atom is 0.0936 e. The van der Waals surface area contributed by atoms with Gasteiger partial charge in [-0.05, 0) is 51.0 Å². The highest BCUT2D eigenvalue weighted by Crippen LogP contribution is 2.33. The topological polar surface area (TPSA) is 40.0 Å². The van der Waals surface area contributed by atoms with E-state index in [-0.39, 0.29) is 0 Å². The molecule has 1 fully saturated rings. The molecule has 1 N–H and O–H groups in total. The van der Waals surface area contributed by atoms with Gasteiger partial charge in [-0.2, -0.15) is 5.11 Å². The van der Waals surface area contributed by atoms with Gasteiger partial charge in [0, 0.05) is 41.6 Å². The van der Waals surface area contributed by atoms with Gasteiger partial charge in [-0.3, -0.25) is 4.90 Å². The lowest BCUT2D eigenvalue weighted by Gasteiger charge is -2.39. The van der Waals surface area contributed by atoms with Crippen molar-refractivity contribution in [3.05, 3.63) is 66.7 Å². The number of fused-ring (bicyclic) bond motifs is 1. The first-order valence-corrected chi connectivity index (χ1v) is 10.7. The van der Waals surface area contributed by atoms with Crippen LogP contribution in [0.5, 0.6) is 0 Å². The van der Waals surface area contributed by atoms with Crippen LogP contribution in [0.4, 0.5) is 17.1 Å². The fourth-order valence-electron chi connectivity index (χ4n) is 4.37. The Morgan fingerprint density at radius 2 is 1.52 bits per heavy atom. The molecule has 150 valence electrons. The van der Waals surface area contributed by atoms with Crippen molar-refractivity contribution in [3.63, 3.8) is 0 Å². The molecule has 4 heteroatoms. The van der Waals surface area contributed by atoms with Gasteiger partial charge in [0.05, 0.1) is 11.4 Å². The predicted octanol–water partition coefficient (Wildman–Crippen LogP) is 6.93. The number of anilines is 1. The van der Waals surface area contributed by atoms with Crippen molar-refractivity contribution in [3.8, 4) is 0 Å². The first kappa shape index (κ1) is 19.6. The van der Waals surface area contributed by atoms with Crippen LogP contribution in [0.3, 0.4) is 0 Å². The molecule has 4 rings (SSSR count). The second kappa shape index (κ2) is 9.19. The molecule has 1 aliphatic heterocycles. The molecule has 4 nitrogen and oxygen atoms in total. The molecule has 0 amide bonds. The van der Waals surface area contributed by atoms with Crippen molar-refractivity contribution in [1.82, 2.24) is 4.90 Å². The molecule has 1 aliphatic rings. The summed E-state index contributed by atoms with van der Waals surface area (Å²) in [4.78, 5) is 2.64. The summed E-state index contributed by atoms with van der Waals surface area (Å²) < 4.78 is 0. The summed E-state index contributed by atoms with van der Waals surface area (Å²) in [7, 11) is 0. The number of benzene rings is 3. The maximum atomic E-state index is 4.51. The van der Waals surface area contributed by atoms with Crippen molar-refractivity contribution in [2.45, 2.75) is 45.2 Å². The van der Waals surface area contributed by atoms with Crippen molar-refractivity contribution in [2.24, 2.45) is 10.2 Å². The van der Waals surface area contributed by atoms with Gasteiger partial charge in [0.1, 0.15) is 0 Å². The van der Waals surface area contributed by atoms with E-state index in [1.807, 2.05) is 30.3 Å². The lowest BCUT2D eigenvalue weighted by Crippen LogP contribution is -2.45. The normalized spacial score (nSPS) is 20.3. The Balaban J connectivity index is 1.50. The third-order valence-corrected chi connectivity index (χ3v) is 5.99. The summed E-state index contributed by atoms with van der Waals surface area (Å²) in [6.07, 6.45) is 3.98. The highest BCUT2D eigenvalue weighted by molar-refractivity contribution is 6.00. The number of nitrogens with zero attached hydrogens (tertiary/aromatic N) is 3. The maximum absolute atomic E-state index is 4.51. The van der Waals surface area contributed by atoms with E-state index in [1.54, 1.807) is 0 Å². The van der Waals surface area contributed by atoms with Crippen LogP contribution in [0, 0.1) is 0 Å². The second-order valence-corrected chi connectivity index (χ2v) is 8.01. The van der Waals surface area contributed by atoms with Crippen molar-refractivity contribution in [1.29, 1.82) is 0 Å². The predicted molar refractivity (Wildman–Crippen MR) is 123 cm³/mol. The van der Waals surface area contributed by atoms with E-state index >= 15 is 0 Å². The van der Waals surface area contributed by atoms with Crippen molar-refractivity contribution < 1.29 is 0 Å². The van der Waals surface area contributed by atoms with Crippen LogP contribution in [-0.4, -0.2) is 30.1 Å². The molecule has 1 saturated heterocycles. The molecule has 0 radical (unpaired) electrons. The van der Waals surface area contributed by atoms with Gasteiger partial charge in [-0.1, -0.05) is 48.9 Å². The molecular formula is C25H30N4. The minimum absolute atomic E-state index is 0.679. The standard InChI is InChI=1S/C25H30N4/c1-19-9-8-10-20(2)29(19)18-17-26-24-15-16-25(23-14-7-6-13-22(23)24)28-27-21-11-4-3-5-12-21/h3-7,11-16,19-20,26H,8-10,17-18H2,1-2H3. The molecule has 2 atom stereocenters. The molecule has 3 aromatic carbocycles. The molecular weight excluding hydrogens is 356 g/mol. The van der Waals surface area contributed by atoms with E-state index < -0.39 is 0 Å². The summed E-state index contributed by atoms with van der Waals surface area (Å²) in [6.45, 7) is 6.74. The zero-order valence-electron chi connectivity index (χ0n) is 17.4. The van der Waals surface area contributed by atoms with Gasteiger partial charge < -0.3 is 5.32 Å². The monoisotopic (exact) mass is 386 g/mol. The molecule has 2 unspecified atom stereocenters. The zero-order valence-corrected chi connectivity index (χ0v) is 17.4. The van der Waals surface area contributed by atoms with E-state index in [0.717, 1.165) is 35.5 Å². The third-order valence-electron chi connectivity index (χ3n) is 5.99. The van der Waals surface area contributed by atoms with Gasteiger partial charge in [-0.15, -0.1) is 5.11 Å². The number of rotatable bonds is 6. The Kier molecular flexibility index (Phi) is 6.20. The van der Waals surface area contributed by atoms with Crippen LogP contribution in [0.15, 0.2) is 77.0 Å². The molecule has 0 spiro atoms. The molecule has 29 heavy (non-hydrogen) atoms. The van der Waals surface area contributed by atoms with Crippen LogP contribution in [0.2, 0.25) is 0 Å². The Hall–Kier alpha value is -2.72. The largest absolute Gasteiger partial charge is 0.383 e. The van der Waals surface area contributed by atoms with Crippen LogP contribution in [0.1, 0.15) is 33.1 Å². The van der Waals surface area contributed by atoms with Gasteiger partial charge >= 0.3 is 0 Å². The number of likely N-dealkylation sites (tertiary alicyclic amines) is 1. The van der Waals surface area contributed by atoms with Crippen LogP contribution < -0.4 is 5.32 Å². The quantitative estimate of drug-likeness (QED) is 0.467. The van der Waals surface area contributed by atoms with Gasteiger partial charge in [0.2, 0.25) is 0 Å². The molecule has 0 bridgehead atoms. The molecule has 3 aromatic rings. The minimum atomic E-state index is 0.679. The summed E-state index contributed by atoms with van der Waals surface area (Å²) in [5.74, 6) is 0. The van der Waals surface area contributed by atoms with E-state index in [2.05, 4.69) is 70.7 Å². The average molecular weight is 387 g/mol. The Morgan fingerprint density at radius 1 is 0.828 bits per heavy atom. The first-order valence-electron chi connectivity index (χ1n) is 10.7. The van der Waals surface area contributed by atoms with Gasteiger partial charge in [0.25, 0.3) is 0 Å². The fraction of sp³-hybridized carbons (Fsp3) is 0.360. The summed E-state index contributed by atoms with van der Waals surface area (Å²) in [5, 5.41) is 14.9. The average Bonchev–Trinajstić information content (AvgIpc) is 2.75. The van der Waals surface area contributed by atoms with Crippen LogP contribution >= 0.6 is 0 Å². The van der Waals surface area contributed by atoms with E-state index in [0.29, 0.717) is 12.1 Å². The number of nitrogens with one attached hydrogen (secondary N) is 1. The van der Waals surface area contributed by atoms with Crippen LogP contribution in [-0.2, 0) is 0 Å². The zero-order chi connectivity index (χ0) is 20.1. The summed E-state index contributed by atoms with van der Waals surface area (Å²) >= 11 is 0. The smallest absolute Gasteiger partial charge is 0.0936 e. The fourth-order valence-corrected chi connectivity index (χ4v) is 4.37. The second-order valence-electron chi connectivity index (χ2n) is 8.01. The van der Waals surface area contributed by atoms with Gasteiger partial charge in [0.15, 0.2) is 0 Å². The number of hydrogen-bond donors (Lipinski definition) is 1. The van der Waals surface area contributed by atoms with Crippen LogP contribution in [0.25, 0.3) is 10.8 Å². The van der Waals surface area contributed by atoms with E-state index in [4.69, 9.17) is 0 Å².